The molecule has 0 aromatic heterocycles. The number of nitrogens with one attached hydrogen (secondary N) is 1. The molecular formula is C12H14N2O6. The van der Waals surface area contributed by atoms with E-state index in [0.717, 1.165) is 12.5 Å². The summed E-state index contributed by atoms with van der Waals surface area (Å²) in [4.78, 5) is 41.4. The van der Waals surface area contributed by atoms with E-state index >= 15 is 0 Å². The molecule has 0 fully saturated rings. The molecule has 3 N–H and O–H groups in total. The Morgan fingerprint density at radius 3 is 2.60 bits per heavy atom. The van der Waals surface area contributed by atoms with Crippen molar-refractivity contribution in [3.05, 3.63) is 29.3 Å². The van der Waals surface area contributed by atoms with Gasteiger partial charge in [-0.1, -0.05) is 16.6 Å². The summed E-state index contributed by atoms with van der Waals surface area (Å²) in [7, 11) is 0. The Morgan fingerprint density at radius 1 is 1.30 bits per heavy atom. The van der Waals surface area contributed by atoms with Crippen LogP contribution in [0.4, 0.5) is 5.69 Å². The molecule has 0 radical (unpaired) electrons. The average molecular weight is 282 g/mol. The minimum absolute atomic E-state index is 0.182. The van der Waals surface area contributed by atoms with E-state index in [0.29, 0.717) is 0 Å². The molecule has 1 aromatic rings. The first-order chi connectivity index (χ1) is 9.40. The summed E-state index contributed by atoms with van der Waals surface area (Å²) in [6.45, 7) is 2.36. The molecule has 1 amide bonds. The van der Waals surface area contributed by atoms with Crippen LogP contribution >= 0.6 is 0 Å². The van der Waals surface area contributed by atoms with Gasteiger partial charge in [-0.25, -0.2) is 10.3 Å². The van der Waals surface area contributed by atoms with Crippen molar-refractivity contribution in [2.75, 3.05) is 12.1 Å². The smallest absolute Gasteiger partial charge is 0.382 e. The number of carbonyl (C=O) groups is 3. The highest BCUT2D eigenvalue weighted by Crippen LogP contribution is 2.16. The molecule has 0 aliphatic carbocycles. The first kappa shape index (κ1) is 15.4. The summed E-state index contributed by atoms with van der Waals surface area (Å²) < 4.78 is 4.39. The summed E-state index contributed by atoms with van der Waals surface area (Å²) in [5.41, 5.74) is 8.70. The number of carbonyl (C=O) groups excluding carboxylic acids is 3. The van der Waals surface area contributed by atoms with E-state index in [1.54, 1.807) is 19.1 Å². The van der Waals surface area contributed by atoms with Crippen LogP contribution in [-0.4, -0.2) is 24.5 Å². The van der Waals surface area contributed by atoms with Crippen molar-refractivity contribution in [1.29, 1.82) is 0 Å². The molecule has 0 bridgehead atoms. The van der Waals surface area contributed by atoms with Gasteiger partial charge < -0.3 is 10.5 Å². The standard InChI is InChI=1S/C12H14N2O6/c1-7-3-4-10(9(5-7)12(13)17)14-20-19-11(16)6-18-8(2)15/h3-5,14H,6H2,1-2H3,(H2,13,17). The topological polar surface area (TPSA) is 117 Å². The second-order valence-corrected chi connectivity index (χ2v) is 3.83. The van der Waals surface area contributed by atoms with Crippen LogP contribution < -0.4 is 11.2 Å². The van der Waals surface area contributed by atoms with Crippen molar-refractivity contribution < 1.29 is 29.0 Å². The number of benzene rings is 1. The molecule has 8 heteroatoms. The van der Waals surface area contributed by atoms with Crippen molar-refractivity contribution in [2.24, 2.45) is 5.73 Å². The van der Waals surface area contributed by atoms with Crippen LogP contribution in [0.25, 0.3) is 0 Å². The van der Waals surface area contributed by atoms with E-state index in [1.165, 1.54) is 6.07 Å². The second kappa shape index (κ2) is 7.10. The Kier molecular flexibility index (Phi) is 5.48. The number of hydrogen-bond acceptors (Lipinski definition) is 7. The highest BCUT2D eigenvalue weighted by Gasteiger charge is 2.10. The van der Waals surface area contributed by atoms with Gasteiger partial charge in [-0.2, -0.15) is 0 Å². The van der Waals surface area contributed by atoms with Crippen molar-refractivity contribution in [3.8, 4) is 0 Å². The SMILES string of the molecule is CC(=O)OCC(=O)OONc1ccc(C)cc1C(N)=O. The van der Waals surface area contributed by atoms with E-state index in [4.69, 9.17) is 5.73 Å². The Bertz CT molecular complexity index is 529. The van der Waals surface area contributed by atoms with Crippen LogP contribution in [0.2, 0.25) is 0 Å². The highest BCUT2D eigenvalue weighted by molar-refractivity contribution is 5.98. The lowest BCUT2D eigenvalue weighted by molar-refractivity contribution is -0.258. The quantitative estimate of drug-likeness (QED) is 0.442. The predicted octanol–water partition coefficient (Wildman–Crippen LogP) is 0.459. The van der Waals surface area contributed by atoms with Gasteiger partial charge in [0.2, 0.25) is 0 Å². The van der Waals surface area contributed by atoms with Crippen molar-refractivity contribution in [2.45, 2.75) is 13.8 Å². The molecule has 0 atom stereocenters. The van der Waals surface area contributed by atoms with Gasteiger partial charge in [0.05, 0.1) is 11.3 Å². The maximum atomic E-state index is 11.2. The predicted molar refractivity (Wildman–Crippen MR) is 67.1 cm³/mol. The number of anilines is 1. The van der Waals surface area contributed by atoms with Crippen molar-refractivity contribution >= 4 is 23.5 Å². The number of esters is 1. The zero-order valence-electron chi connectivity index (χ0n) is 11.0. The van der Waals surface area contributed by atoms with Gasteiger partial charge in [-0.3, -0.25) is 14.5 Å². The molecule has 108 valence electrons. The normalized spacial score (nSPS) is 9.70. The summed E-state index contributed by atoms with van der Waals surface area (Å²) in [6.07, 6.45) is 0. The lowest BCUT2D eigenvalue weighted by Gasteiger charge is -2.09. The Hall–Kier alpha value is -2.61. The number of primary amides is 1. The van der Waals surface area contributed by atoms with Gasteiger partial charge in [0.1, 0.15) is 0 Å². The molecule has 0 aliphatic rings. The maximum Gasteiger partial charge on any atom is 0.382 e. The maximum absolute atomic E-state index is 11.2. The Morgan fingerprint density at radius 2 is 2.00 bits per heavy atom. The minimum Gasteiger partial charge on any atom is -0.454 e. The molecule has 1 aromatic carbocycles. The monoisotopic (exact) mass is 282 g/mol. The van der Waals surface area contributed by atoms with E-state index in [2.05, 4.69) is 20.1 Å². The number of amides is 1. The third-order valence-corrected chi connectivity index (χ3v) is 2.12. The van der Waals surface area contributed by atoms with Crippen molar-refractivity contribution in [1.82, 2.24) is 0 Å². The molecule has 0 heterocycles. The summed E-state index contributed by atoms with van der Waals surface area (Å²) in [6, 6.07) is 4.79. The first-order valence-corrected chi connectivity index (χ1v) is 5.56. The molecule has 0 spiro atoms. The molecule has 0 unspecified atom stereocenters. The van der Waals surface area contributed by atoms with Crippen LogP contribution in [0, 0.1) is 6.92 Å². The number of ether oxygens (including phenoxy) is 1. The third-order valence-electron chi connectivity index (χ3n) is 2.12. The molecule has 20 heavy (non-hydrogen) atoms. The van der Waals surface area contributed by atoms with E-state index in [9.17, 15) is 14.4 Å². The van der Waals surface area contributed by atoms with Gasteiger partial charge in [-0.05, 0) is 19.1 Å². The van der Waals surface area contributed by atoms with Gasteiger partial charge in [0, 0.05) is 6.92 Å². The first-order valence-electron chi connectivity index (χ1n) is 5.56. The molecule has 0 saturated carbocycles. The minimum atomic E-state index is -0.916. The highest BCUT2D eigenvalue weighted by atomic mass is 17.3. The third kappa shape index (κ3) is 4.94. The molecule has 0 saturated heterocycles. The molecule has 1 rings (SSSR count). The van der Waals surface area contributed by atoms with E-state index < -0.39 is 24.5 Å². The molecule has 8 nitrogen and oxygen atoms in total. The van der Waals surface area contributed by atoms with Crippen molar-refractivity contribution in [3.63, 3.8) is 0 Å². The van der Waals surface area contributed by atoms with Gasteiger partial charge in [-0.15, -0.1) is 0 Å². The van der Waals surface area contributed by atoms with Crippen LogP contribution in [0.15, 0.2) is 18.2 Å². The Balaban J connectivity index is 2.52. The van der Waals surface area contributed by atoms with Gasteiger partial charge >= 0.3 is 11.9 Å². The van der Waals surface area contributed by atoms with E-state index in [1.807, 2.05) is 0 Å². The van der Waals surface area contributed by atoms with Gasteiger partial charge in [0.15, 0.2) is 6.61 Å². The van der Waals surface area contributed by atoms with E-state index in [-0.39, 0.29) is 11.3 Å². The number of nitrogens with two attached hydrogens (primary N) is 1. The zero-order chi connectivity index (χ0) is 15.1. The van der Waals surface area contributed by atoms with Crippen LogP contribution in [0.3, 0.4) is 0 Å². The van der Waals surface area contributed by atoms with Gasteiger partial charge in [0.25, 0.3) is 5.91 Å². The zero-order valence-corrected chi connectivity index (χ0v) is 11.0. The molecule has 0 aliphatic heterocycles. The number of rotatable bonds is 6. The largest absolute Gasteiger partial charge is 0.454 e. The fourth-order valence-electron chi connectivity index (χ4n) is 1.25. The van der Waals surface area contributed by atoms with Crippen LogP contribution in [-0.2, 0) is 24.2 Å². The lowest BCUT2D eigenvalue weighted by Crippen LogP contribution is -2.19. The second-order valence-electron chi connectivity index (χ2n) is 3.83. The fraction of sp³-hybridized carbons (Fsp3) is 0.250. The van der Waals surface area contributed by atoms with Crippen LogP contribution in [0.1, 0.15) is 22.8 Å². The Labute approximate surface area is 114 Å². The lowest BCUT2D eigenvalue weighted by atomic mass is 10.1. The average Bonchev–Trinajstić information content (AvgIpc) is 2.37. The molecular weight excluding hydrogens is 268 g/mol. The summed E-state index contributed by atoms with van der Waals surface area (Å²) in [5.74, 6) is -2.20. The summed E-state index contributed by atoms with van der Waals surface area (Å²) in [5, 5.41) is 0. The van der Waals surface area contributed by atoms with Crippen LogP contribution in [0.5, 0.6) is 0 Å². The fourth-order valence-corrected chi connectivity index (χ4v) is 1.25. The number of hydrogen-bond donors (Lipinski definition) is 2. The summed E-state index contributed by atoms with van der Waals surface area (Å²) >= 11 is 0. The number of aryl methyl sites for hydroxylation is 1.